The van der Waals surface area contributed by atoms with Crippen molar-refractivity contribution in [2.24, 2.45) is 5.10 Å². The molecule has 0 bridgehead atoms. The molecule has 158 valence electrons. The lowest BCUT2D eigenvalue weighted by Crippen LogP contribution is -2.23. The number of halogens is 2. The molecule has 1 heterocycles. The number of nitriles is 1. The molecule has 0 saturated heterocycles. The molecule has 0 spiro atoms. The number of benzene rings is 2. The second-order valence-corrected chi connectivity index (χ2v) is 8.05. The van der Waals surface area contributed by atoms with Crippen molar-refractivity contribution in [3.05, 3.63) is 71.7 Å². The molecular weight excluding hydrogens is 490 g/mol. The summed E-state index contributed by atoms with van der Waals surface area (Å²) in [5.74, 6) is 0.100. The van der Waals surface area contributed by atoms with Crippen molar-refractivity contribution in [2.75, 3.05) is 6.61 Å². The highest BCUT2D eigenvalue weighted by atomic mass is 79.9. The Morgan fingerprint density at radius 1 is 1.42 bits per heavy atom. The van der Waals surface area contributed by atoms with E-state index in [4.69, 9.17) is 21.6 Å². The fraction of sp³-hybridized carbons (Fsp3) is 0.200. The lowest BCUT2D eigenvalue weighted by Gasteiger charge is -2.12. The topological polar surface area (TPSA) is 123 Å². The van der Waals surface area contributed by atoms with E-state index in [2.05, 4.69) is 26.0 Å². The van der Waals surface area contributed by atoms with Crippen LogP contribution in [0.2, 0.25) is 5.02 Å². The number of ether oxygens (including phenoxy) is 1. The molecule has 31 heavy (non-hydrogen) atoms. The van der Waals surface area contributed by atoms with E-state index in [-0.39, 0.29) is 22.3 Å². The van der Waals surface area contributed by atoms with E-state index in [1.807, 2.05) is 13.8 Å². The number of nitro groups is 1. The lowest BCUT2D eigenvalue weighted by molar-refractivity contribution is -0.385. The van der Waals surface area contributed by atoms with Crippen molar-refractivity contribution in [3.63, 3.8) is 0 Å². The number of nitrogens with zero attached hydrogens (tertiary/aromatic N) is 5. The van der Waals surface area contributed by atoms with Crippen LogP contribution in [0.1, 0.15) is 31.2 Å². The van der Waals surface area contributed by atoms with E-state index in [0.29, 0.717) is 21.2 Å². The van der Waals surface area contributed by atoms with Gasteiger partial charge in [-0.05, 0) is 24.3 Å². The standard InChI is InChI=1S/C20H15BrClN5O4/c1-11(2)19-25-16-4-3-13(21)8-15(16)20(28)26(19)24-10-12-7-14(22)9-17(27(29)30)18(12)31-6-5-23/h3-4,7-11H,6H2,1-2H3. The van der Waals surface area contributed by atoms with Gasteiger partial charge in [-0.25, -0.2) is 4.98 Å². The molecule has 0 aliphatic carbocycles. The maximum Gasteiger partial charge on any atom is 0.313 e. The molecule has 0 unspecified atom stereocenters. The van der Waals surface area contributed by atoms with Gasteiger partial charge in [-0.15, -0.1) is 0 Å². The number of hydrogen-bond donors (Lipinski definition) is 0. The Hall–Kier alpha value is -3.29. The summed E-state index contributed by atoms with van der Waals surface area (Å²) in [4.78, 5) is 28.4. The molecule has 9 nitrogen and oxygen atoms in total. The number of rotatable bonds is 6. The van der Waals surface area contributed by atoms with Gasteiger partial charge in [-0.2, -0.15) is 15.0 Å². The minimum absolute atomic E-state index is 0.0782. The van der Waals surface area contributed by atoms with Gasteiger partial charge in [-0.1, -0.05) is 41.4 Å². The molecule has 0 fully saturated rings. The van der Waals surface area contributed by atoms with Gasteiger partial charge in [-0.3, -0.25) is 14.9 Å². The summed E-state index contributed by atoms with van der Waals surface area (Å²) in [6.07, 6.45) is 1.23. The van der Waals surface area contributed by atoms with Crippen LogP contribution in [0.4, 0.5) is 5.69 Å². The van der Waals surface area contributed by atoms with E-state index in [1.165, 1.54) is 12.3 Å². The minimum Gasteiger partial charge on any atom is -0.471 e. The molecule has 0 aliphatic rings. The zero-order valence-electron chi connectivity index (χ0n) is 16.4. The van der Waals surface area contributed by atoms with Gasteiger partial charge < -0.3 is 4.74 Å². The fourth-order valence-corrected chi connectivity index (χ4v) is 3.45. The Bertz CT molecular complexity index is 1310. The summed E-state index contributed by atoms with van der Waals surface area (Å²) >= 11 is 9.36. The zero-order valence-corrected chi connectivity index (χ0v) is 18.7. The molecule has 0 aliphatic heterocycles. The first-order chi connectivity index (χ1) is 14.7. The minimum atomic E-state index is -0.670. The number of hydrogen-bond acceptors (Lipinski definition) is 7. The van der Waals surface area contributed by atoms with Crippen molar-refractivity contribution in [3.8, 4) is 11.8 Å². The highest BCUT2D eigenvalue weighted by molar-refractivity contribution is 9.10. The van der Waals surface area contributed by atoms with Gasteiger partial charge in [0.15, 0.2) is 6.61 Å². The van der Waals surface area contributed by atoms with Crippen LogP contribution in [0.25, 0.3) is 10.9 Å². The van der Waals surface area contributed by atoms with Crippen LogP contribution in [0.5, 0.6) is 5.75 Å². The highest BCUT2D eigenvalue weighted by Gasteiger charge is 2.21. The predicted octanol–water partition coefficient (Wildman–Crippen LogP) is 4.63. The van der Waals surface area contributed by atoms with E-state index in [0.717, 1.165) is 10.7 Å². The largest absolute Gasteiger partial charge is 0.471 e. The number of nitro benzene ring substituents is 1. The second kappa shape index (κ2) is 9.24. The highest BCUT2D eigenvalue weighted by Crippen LogP contribution is 2.33. The molecule has 0 saturated carbocycles. The van der Waals surface area contributed by atoms with Gasteiger partial charge >= 0.3 is 5.69 Å². The number of fused-ring (bicyclic) bond motifs is 1. The molecule has 3 rings (SSSR count). The molecule has 0 N–H and O–H groups in total. The maximum absolute atomic E-state index is 13.1. The van der Waals surface area contributed by atoms with Gasteiger partial charge in [0.25, 0.3) is 5.56 Å². The van der Waals surface area contributed by atoms with Crippen LogP contribution >= 0.6 is 27.5 Å². The fourth-order valence-electron chi connectivity index (χ4n) is 2.86. The lowest BCUT2D eigenvalue weighted by atomic mass is 10.1. The molecule has 11 heteroatoms. The molecule has 0 amide bonds. The predicted molar refractivity (Wildman–Crippen MR) is 120 cm³/mol. The monoisotopic (exact) mass is 503 g/mol. The summed E-state index contributed by atoms with van der Waals surface area (Å²) < 4.78 is 7.11. The van der Waals surface area contributed by atoms with Crippen LogP contribution < -0.4 is 10.3 Å². The third-order valence-corrected chi connectivity index (χ3v) is 4.91. The first-order valence-corrected chi connectivity index (χ1v) is 10.1. The average Bonchev–Trinajstić information content (AvgIpc) is 2.71. The molecule has 0 atom stereocenters. The second-order valence-electron chi connectivity index (χ2n) is 6.69. The molecule has 3 aromatic rings. The Balaban J connectivity index is 2.23. The van der Waals surface area contributed by atoms with Crippen molar-refractivity contribution in [2.45, 2.75) is 19.8 Å². The quantitative estimate of drug-likeness (QED) is 0.274. The third-order valence-electron chi connectivity index (χ3n) is 4.20. The van der Waals surface area contributed by atoms with Crippen molar-refractivity contribution in [1.29, 1.82) is 5.26 Å². The van der Waals surface area contributed by atoms with Crippen LogP contribution in [0.15, 0.2) is 44.7 Å². The average molecular weight is 505 g/mol. The first kappa shape index (κ1) is 22.4. The summed E-state index contributed by atoms with van der Waals surface area (Å²) in [6.45, 7) is 3.32. The van der Waals surface area contributed by atoms with E-state index in [9.17, 15) is 14.9 Å². The van der Waals surface area contributed by atoms with Gasteiger partial charge in [0.1, 0.15) is 11.9 Å². The molecular formula is C20H15BrClN5O4. The van der Waals surface area contributed by atoms with E-state index < -0.39 is 22.8 Å². The van der Waals surface area contributed by atoms with Gasteiger partial charge in [0.05, 0.1) is 22.0 Å². The number of aromatic nitrogens is 2. The van der Waals surface area contributed by atoms with Crippen LogP contribution in [-0.2, 0) is 0 Å². The normalized spacial score (nSPS) is 11.2. The smallest absolute Gasteiger partial charge is 0.313 e. The Morgan fingerprint density at radius 3 is 2.81 bits per heavy atom. The zero-order chi connectivity index (χ0) is 22.7. The Labute approximate surface area is 189 Å². The molecule has 2 aromatic carbocycles. The van der Waals surface area contributed by atoms with Crippen LogP contribution in [-0.4, -0.2) is 27.4 Å². The van der Waals surface area contributed by atoms with Crippen molar-refractivity contribution in [1.82, 2.24) is 9.66 Å². The third kappa shape index (κ3) is 4.73. The maximum atomic E-state index is 13.1. The molecule has 1 aromatic heterocycles. The summed E-state index contributed by atoms with van der Waals surface area (Å²) in [6, 6.07) is 9.45. The Morgan fingerprint density at radius 2 is 2.16 bits per heavy atom. The summed E-state index contributed by atoms with van der Waals surface area (Å²) in [7, 11) is 0. The van der Waals surface area contributed by atoms with E-state index >= 15 is 0 Å². The van der Waals surface area contributed by atoms with Crippen molar-refractivity contribution < 1.29 is 9.66 Å². The SMILES string of the molecule is CC(C)c1nc2ccc(Br)cc2c(=O)n1N=Cc1cc(Cl)cc([N+](=O)[O-])c1OCC#N. The summed E-state index contributed by atoms with van der Waals surface area (Å²) in [5.41, 5.74) is -0.145. The van der Waals surface area contributed by atoms with Crippen molar-refractivity contribution >= 4 is 50.3 Å². The summed E-state index contributed by atoms with van der Waals surface area (Å²) in [5, 5.41) is 24.9. The van der Waals surface area contributed by atoms with Crippen LogP contribution in [0.3, 0.4) is 0 Å². The first-order valence-electron chi connectivity index (χ1n) is 8.97. The van der Waals surface area contributed by atoms with Gasteiger partial charge in [0.2, 0.25) is 5.75 Å². The van der Waals surface area contributed by atoms with Gasteiger partial charge in [0, 0.05) is 27.0 Å². The van der Waals surface area contributed by atoms with E-state index in [1.54, 1.807) is 24.3 Å². The van der Waals surface area contributed by atoms with Crippen LogP contribution in [0, 0.1) is 21.4 Å². The Kier molecular flexibility index (Phi) is 6.68. The molecule has 0 radical (unpaired) electrons.